The zero-order valence-electron chi connectivity index (χ0n) is 30.7. The van der Waals surface area contributed by atoms with Crippen LogP contribution in [-0.4, -0.2) is 88.4 Å². The number of β-amino-alcohol motifs (C(OH)–C–C–N with tert-alkyl or cyclic N) is 1. The van der Waals surface area contributed by atoms with Gasteiger partial charge in [0.2, 0.25) is 11.8 Å². The van der Waals surface area contributed by atoms with Gasteiger partial charge < -0.3 is 34.4 Å². The van der Waals surface area contributed by atoms with Gasteiger partial charge in [0.25, 0.3) is 0 Å². The summed E-state index contributed by atoms with van der Waals surface area (Å²) in [4.78, 5) is 45.6. The highest BCUT2D eigenvalue weighted by molar-refractivity contribution is 5.91. The molecule has 13 heteroatoms. The van der Waals surface area contributed by atoms with Crippen molar-refractivity contribution in [1.29, 1.82) is 0 Å². The van der Waals surface area contributed by atoms with E-state index in [1.807, 2.05) is 34.6 Å². The molecule has 0 radical (unpaired) electrons. The Morgan fingerprint density at radius 2 is 1.65 bits per heavy atom. The lowest BCUT2D eigenvalue weighted by atomic mass is 9.72. The topological polar surface area (TPSA) is 128 Å². The van der Waals surface area contributed by atoms with Crippen LogP contribution in [0.5, 0.6) is 0 Å². The number of hydrogen-bond donors (Lipinski definition) is 2. The van der Waals surface area contributed by atoms with E-state index in [4.69, 9.17) is 9.26 Å². The van der Waals surface area contributed by atoms with Gasteiger partial charge in [-0.25, -0.2) is 13.6 Å². The first-order valence-corrected chi connectivity index (χ1v) is 18.1. The molecule has 4 heterocycles. The number of carbonyl (C=O) groups excluding carboxylic acids is 3. The van der Waals surface area contributed by atoms with Crippen molar-refractivity contribution in [3.8, 4) is 11.1 Å². The molecule has 2 N–H and O–H groups in total. The van der Waals surface area contributed by atoms with Gasteiger partial charge in [0.05, 0.1) is 17.7 Å². The predicted octanol–water partition coefficient (Wildman–Crippen LogP) is 6.04. The molecular formula is C39H49F2N5O6. The number of nitrogens with one attached hydrogen (secondary N) is 1. The largest absolute Gasteiger partial charge is 0.444 e. The summed E-state index contributed by atoms with van der Waals surface area (Å²) in [6.45, 7) is 14.0. The summed E-state index contributed by atoms with van der Waals surface area (Å²) in [7, 11) is 0. The van der Waals surface area contributed by atoms with Gasteiger partial charge in [-0.05, 0) is 69.7 Å². The summed E-state index contributed by atoms with van der Waals surface area (Å²) >= 11 is 0. The molecule has 1 spiro atoms. The Kier molecular flexibility index (Phi) is 10.4. The van der Waals surface area contributed by atoms with Crippen LogP contribution in [0.3, 0.4) is 0 Å². The van der Waals surface area contributed by atoms with Crippen LogP contribution < -0.4 is 10.2 Å². The minimum Gasteiger partial charge on any atom is -0.444 e. The number of carbonyl (C=O) groups is 3. The van der Waals surface area contributed by atoms with Crippen molar-refractivity contribution < 1.29 is 37.5 Å². The van der Waals surface area contributed by atoms with Gasteiger partial charge >= 0.3 is 6.09 Å². The van der Waals surface area contributed by atoms with Crippen molar-refractivity contribution in [3.63, 3.8) is 0 Å². The van der Waals surface area contributed by atoms with Crippen LogP contribution in [0.25, 0.3) is 11.1 Å². The molecule has 3 aliphatic heterocycles. The number of likely N-dealkylation sites (tertiary alicyclic amines) is 2. The van der Waals surface area contributed by atoms with Crippen molar-refractivity contribution in [2.24, 2.45) is 11.3 Å². The lowest BCUT2D eigenvalue weighted by Gasteiger charge is -2.53. The van der Waals surface area contributed by atoms with Gasteiger partial charge in [-0.3, -0.25) is 9.59 Å². The molecular weight excluding hydrogens is 672 g/mol. The van der Waals surface area contributed by atoms with E-state index in [1.54, 1.807) is 42.2 Å². The highest BCUT2D eigenvalue weighted by Gasteiger charge is 2.48. The summed E-state index contributed by atoms with van der Waals surface area (Å²) in [5, 5.41) is 17.9. The highest BCUT2D eigenvalue weighted by atomic mass is 19.1. The summed E-state index contributed by atoms with van der Waals surface area (Å²) in [5.41, 5.74) is 0.503. The summed E-state index contributed by atoms with van der Waals surface area (Å²) in [6, 6.07) is 10.7. The molecule has 0 bridgehead atoms. The molecule has 3 fully saturated rings. The number of benzene rings is 2. The van der Waals surface area contributed by atoms with E-state index >= 15 is 0 Å². The molecule has 1 aromatic heterocycles. The first-order valence-electron chi connectivity index (χ1n) is 18.1. The zero-order chi connectivity index (χ0) is 37.5. The number of hydrogen-bond acceptors (Lipinski definition) is 8. The lowest BCUT2D eigenvalue weighted by Crippen LogP contribution is -2.61. The summed E-state index contributed by atoms with van der Waals surface area (Å²) in [5.74, 6) is -1.94. The minimum atomic E-state index is -0.901. The van der Waals surface area contributed by atoms with E-state index in [0.717, 1.165) is 25.9 Å². The second kappa shape index (κ2) is 14.5. The third kappa shape index (κ3) is 7.79. The van der Waals surface area contributed by atoms with Gasteiger partial charge in [0.1, 0.15) is 29.2 Å². The first kappa shape index (κ1) is 37.2. The Bertz CT molecular complexity index is 1750. The molecule has 2 aromatic carbocycles. The third-order valence-corrected chi connectivity index (χ3v) is 10.5. The third-order valence-electron chi connectivity index (χ3n) is 10.5. The molecule has 3 saturated heterocycles. The molecule has 280 valence electrons. The number of halogens is 2. The fraction of sp³-hybridized carbons (Fsp3) is 0.538. The fourth-order valence-corrected chi connectivity index (χ4v) is 7.63. The molecule has 11 nitrogen and oxygen atoms in total. The molecule has 0 aliphatic carbocycles. The van der Waals surface area contributed by atoms with Crippen molar-refractivity contribution in [2.75, 3.05) is 37.6 Å². The maximum atomic E-state index is 14.3. The van der Waals surface area contributed by atoms with Gasteiger partial charge in [-0.2, -0.15) is 0 Å². The van der Waals surface area contributed by atoms with Crippen LogP contribution in [0.15, 0.2) is 53.1 Å². The van der Waals surface area contributed by atoms with Gasteiger partial charge in [-0.1, -0.05) is 49.3 Å². The minimum absolute atomic E-state index is 0.00732. The monoisotopic (exact) mass is 721 g/mol. The normalized spacial score (nSPS) is 21.2. The van der Waals surface area contributed by atoms with E-state index in [1.165, 1.54) is 23.1 Å². The number of aromatic nitrogens is 1. The smallest absolute Gasteiger partial charge is 0.410 e. The average molecular weight is 722 g/mol. The molecule has 3 aliphatic rings. The Morgan fingerprint density at radius 3 is 2.25 bits per heavy atom. The van der Waals surface area contributed by atoms with Crippen LogP contribution in [0.4, 0.5) is 19.4 Å². The maximum absolute atomic E-state index is 14.3. The zero-order valence-corrected chi connectivity index (χ0v) is 30.7. The van der Waals surface area contributed by atoms with Gasteiger partial charge in [0.15, 0.2) is 11.6 Å². The number of aliphatic hydroxyl groups is 1. The molecule has 3 aromatic rings. The molecule has 4 atom stereocenters. The van der Waals surface area contributed by atoms with Crippen molar-refractivity contribution in [1.82, 2.24) is 20.3 Å². The number of anilines is 1. The average Bonchev–Trinajstić information content (AvgIpc) is 3.70. The second-order valence-electron chi connectivity index (χ2n) is 16.0. The van der Waals surface area contributed by atoms with E-state index in [2.05, 4.69) is 15.4 Å². The SMILES string of the molecule is CC(C)C(C(=O)N1C[C@H](O)C[C@H]1C(=O)N[C@H](C)c1ccc(-c2c(F)cccc2F)cc1)c1cc(N2CC3(CCN(C(=O)OC(C)(C)C)CC3)C2)no1. The van der Waals surface area contributed by atoms with Crippen molar-refractivity contribution in [3.05, 3.63) is 71.5 Å². The van der Waals surface area contributed by atoms with Crippen LogP contribution in [0.1, 0.15) is 84.1 Å². The molecule has 52 heavy (non-hydrogen) atoms. The fourth-order valence-electron chi connectivity index (χ4n) is 7.63. The summed E-state index contributed by atoms with van der Waals surface area (Å²) in [6.07, 6.45) is 0.652. The maximum Gasteiger partial charge on any atom is 0.410 e. The number of aliphatic hydroxyl groups excluding tert-OH is 1. The quantitative estimate of drug-likeness (QED) is 0.289. The number of nitrogens with zero attached hydrogens (tertiary/aromatic N) is 4. The number of piperidine rings is 1. The number of ether oxygens (including phenoxy) is 1. The van der Waals surface area contributed by atoms with Crippen molar-refractivity contribution >= 4 is 23.7 Å². The lowest BCUT2D eigenvalue weighted by molar-refractivity contribution is -0.141. The Labute approximate surface area is 303 Å². The molecule has 0 saturated carbocycles. The number of amides is 3. The molecule has 6 rings (SSSR count). The Hall–Kier alpha value is -4.52. The van der Waals surface area contributed by atoms with Crippen molar-refractivity contribution in [2.45, 2.75) is 90.5 Å². The Balaban J connectivity index is 1.07. The van der Waals surface area contributed by atoms with Crippen LogP contribution in [-0.2, 0) is 14.3 Å². The number of rotatable bonds is 8. The van der Waals surface area contributed by atoms with Crippen LogP contribution in [0.2, 0.25) is 0 Å². The van der Waals surface area contributed by atoms with E-state index in [-0.39, 0.29) is 41.9 Å². The van der Waals surface area contributed by atoms with Gasteiger partial charge in [-0.15, -0.1) is 0 Å². The highest BCUT2D eigenvalue weighted by Crippen LogP contribution is 2.43. The van der Waals surface area contributed by atoms with Crippen LogP contribution >= 0.6 is 0 Å². The van der Waals surface area contributed by atoms with Gasteiger partial charge in [0, 0.05) is 50.6 Å². The molecule has 3 amide bonds. The predicted molar refractivity (Wildman–Crippen MR) is 190 cm³/mol. The van der Waals surface area contributed by atoms with Crippen LogP contribution in [0, 0.1) is 23.0 Å². The summed E-state index contributed by atoms with van der Waals surface area (Å²) < 4.78 is 39.9. The second-order valence-corrected chi connectivity index (χ2v) is 16.0. The standard InChI is InChI=1S/C39H49F2N5O6/c1-23(2)33(31-19-32(43-52-31)45-21-39(22-45)14-16-44(17-15-39)37(50)51-38(4,5)6)36(49)46-20-27(47)18-30(46)35(48)42-24(3)25-10-12-26(13-11-25)34-28(40)8-7-9-29(34)41/h7-13,19,23-24,27,30,33,47H,14-18,20-22H2,1-6H3,(H,42,48)/t24-,27-,30+,33?/m1/s1. The molecule has 1 unspecified atom stereocenters. The Morgan fingerprint density at radius 1 is 1.02 bits per heavy atom. The van der Waals surface area contributed by atoms with E-state index in [9.17, 15) is 28.3 Å². The van der Waals surface area contributed by atoms with E-state index in [0.29, 0.717) is 35.8 Å². The van der Waals surface area contributed by atoms with E-state index < -0.39 is 47.2 Å². The first-order chi connectivity index (χ1) is 24.5.